The molecule has 0 aliphatic rings. The fraction of sp³-hybridized carbons (Fsp3) is 0.0625. The van der Waals surface area contributed by atoms with Crippen LogP contribution in [0, 0.1) is 5.82 Å². The van der Waals surface area contributed by atoms with Crippen molar-refractivity contribution in [2.75, 3.05) is 0 Å². The summed E-state index contributed by atoms with van der Waals surface area (Å²) >= 11 is 0. The zero-order valence-corrected chi connectivity index (χ0v) is 10.7. The Hall–Kier alpha value is -2.62. The van der Waals surface area contributed by atoms with E-state index in [1.165, 1.54) is 31.2 Å². The van der Waals surface area contributed by atoms with Gasteiger partial charge in [-0.1, -0.05) is 0 Å². The smallest absolute Gasteiger partial charge is 0.164 e. The summed E-state index contributed by atoms with van der Waals surface area (Å²) in [5.74, 6) is -0.0786. The molecule has 0 unspecified atom stereocenters. The van der Waals surface area contributed by atoms with Gasteiger partial charge < -0.3 is 9.52 Å². The number of furan rings is 1. The number of halogens is 1. The van der Waals surface area contributed by atoms with E-state index in [0.717, 1.165) is 0 Å². The van der Waals surface area contributed by atoms with Crippen LogP contribution in [0.1, 0.15) is 17.3 Å². The van der Waals surface area contributed by atoms with Gasteiger partial charge in [-0.05, 0) is 49.4 Å². The third-order valence-corrected chi connectivity index (χ3v) is 3.13. The summed E-state index contributed by atoms with van der Waals surface area (Å²) in [6, 6.07) is 10.3. The number of Topliss-reactive ketones (excluding diaryl/α,β-unsaturated/α-hetero) is 1. The maximum Gasteiger partial charge on any atom is 0.164 e. The van der Waals surface area contributed by atoms with Crippen molar-refractivity contribution in [3.05, 3.63) is 53.8 Å². The van der Waals surface area contributed by atoms with Crippen LogP contribution >= 0.6 is 0 Å². The Morgan fingerprint density at radius 3 is 2.50 bits per heavy atom. The normalized spacial score (nSPS) is 10.9. The van der Waals surface area contributed by atoms with Gasteiger partial charge in [0, 0.05) is 10.9 Å². The molecule has 0 atom stereocenters. The molecule has 3 aromatic rings. The van der Waals surface area contributed by atoms with Gasteiger partial charge in [0.25, 0.3) is 0 Å². The average Bonchev–Trinajstić information content (AvgIpc) is 2.78. The average molecular weight is 270 g/mol. The Bertz CT molecular complexity index is 800. The van der Waals surface area contributed by atoms with Gasteiger partial charge in [0.05, 0.1) is 5.56 Å². The number of aromatic hydroxyl groups is 1. The molecule has 0 amide bonds. The number of fused-ring (bicyclic) bond motifs is 1. The van der Waals surface area contributed by atoms with E-state index >= 15 is 0 Å². The van der Waals surface area contributed by atoms with Gasteiger partial charge in [-0.2, -0.15) is 0 Å². The Morgan fingerprint density at radius 2 is 1.85 bits per heavy atom. The minimum absolute atomic E-state index is 0.0615. The molecule has 0 aliphatic heterocycles. The first-order chi connectivity index (χ1) is 9.56. The third-order valence-electron chi connectivity index (χ3n) is 3.13. The molecular formula is C16H11FO3. The number of carbonyl (C=O) groups excluding carboxylic acids is 1. The molecule has 3 nitrogen and oxygen atoms in total. The van der Waals surface area contributed by atoms with Crippen molar-refractivity contribution in [2.45, 2.75) is 6.92 Å². The quantitative estimate of drug-likeness (QED) is 0.712. The monoisotopic (exact) mass is 270 g/mol. The van der Waals surface area contributed by atoms with Crippen LogP contribution in [0.25, 0.3) is 22.3 Å². The van der Waals surface area contributed by atoms with Crippen LogP contribution in [0.2, 0.25) is 0 Å². The maximum absolute atomic E-state index is 13.0. The Kier molecular flexibility index (Phi) is 2.79. The number of ketones is 1. The second-order valence-electron chi connectivity index (χ2n) is 4.55. The number of phenols is 1. The topological polar surface area (TPSA) is 50.4 Å². The van der Waals surface area contributed by atoms with E-state index in [-0.39, 0.29) is 17.3 Å². The molecule has 3 rings (SSSR count). The number of hydrogen-bond donors (Lipinski definition) is 1. The van der Waals surface area contributed by atoms with Crippen molar-refractivity contribution in [1.82, 2.24) is 0 Å². The van der Waals surface area contributed by atoms with Gasteiger partial charge in [-0.3, -0.25) is 4.79 Å². The fourth-order valence-corrected chi connectivity index (χ4v) is 2.24. The first-order valence-corrected chi connectivity index (χ1v) is 6.08. The van der Waals surface area contributed by atoms with Gasteiger partial charge in [-0.15, -0.1) is 0 Å². The second-order valence-corrected chi connectivity index (χ2v) is 4.55. The fourth-order valence-electron chi connectivity index (χ4n) is 2.24. The van der Waals surface area contributed by atoms with Crippen molar-refractivity contribution in [3.8, 4) is 17.1 Å². The molecule has 4 heteroatoms. The zero-order chi connectivity index (χ0) is 14.3. The van der Waals surface area contributed by atoms with Gasteiger partial charge in [-0.25, -0.2) is 4.39 Å². The highest BCUT2D eigenvalue weighted by molar-refractivity contribution is 6.11. The van der Waals surface area contributed by atoms with Crippen molar-refractivity contribution < 1.29 is 18.7 Å². The summed E-state index contributed by atoms with van der Waals surface area (Å²) < 4.78 is 18.7. The summed E-state index contributed by atoms with van der Waals surface area (Å²) in [5.41, 5.74) is 1.52. The molecule has 100 valence electrons. The molecule has 0 aliphatic carbocycles. The lowest BCUT2D eigenvalue weighted by Gasteiger charge is -2.00. The lowest BCUT2D eigenvalue weighted by Crippen LogP contribution is -1.93. The van der Waals surface area contributed by atoms with Gasteiger partial charge >= 0.3 is 0 Å². The Labute approximate surface area is 114 Å². The largest absolute Gasteiger partial charge is 0.508 e. The molecule has 2 aromatic carbocycles. The molecular weight excluding hydrogens is 259 g/mol. The predicted molar refractivity (Wildman–Crippen MR) is 73.3 cm³/mol. The molecule has 20 heavy (non-hydrogen) atoms. The van der Waals surface area contributed by atoms with Gasteiger partial charge in [0.1, 0.15) is 22.9 Å². The molecule has 1 N–H and O–H groups in total. The Morgan fingerprint density at radius 1 is 1.15 bits per heavy atom. The molecule has 0 radical (unpaired) electrons. The molecule has 0 spiro atoms. The van der Waals surface area contributed by atoms with E-state index in [4.69, 9.17) is 4.42 Å². The summed E-state index contributed by atoms with van der Waals surface area (Å²) in [6.45, 7) is 1.43. The van der Waals surface area contributed by atoms with Crippen molar-refractivity contribution in [1.29, 1.82) is 0 Å². The summed E-state index contributed by atoms with van der Waals surface area (Å²) in [4.78, 5) is 11.9. The summed E-state index contributed by atoms with van der Waals surface area (Å²) in [7, 11) is 0. The first-order valence-electron chi connectivity index (χ1n) is 6.08. The minimum Gasteiger partial charge on any atom is -0.508 e. The van der Waals surface area contributed by atoms with E-state index in [0.29, 0.717) is 27.9 Å². The van der Waals surface area contributed by atoms with E-state index < -0.39 is 0 Å². The van der Waals surface area contributed by atoms with E-state index in [2.05, 4.69) is 0 Å². The van der Waals surface area contributed by atoms with E-state index in [9.17, 15) is 14.3 Å². The SMILES string of the molecule is CC(=O)c1c(-c2ccc(F)cc2)oc2ccc(O)cc12. The Balaban J connectivity index is 2.32. The highest BCUT2D eigenvalue weighted by Gasteiger charge is 2.19. The molecule has 0 saturated heterocycles. The highest BCUT2D eigenvalue weighted by atomic mass is 19.1. The molecule has 1 aromatic heterocycles. The molecule has 0 saturated carbocycles. The molecule has 1 heterocycles. The molecule has 0 bridgehead atoms. The van der Waals surface area contributed by atoms with Crippen molar-refractivity contribution in [2.24, 2.45) is 0 Å². The van der Waals surface area contributed by atoms with Crippen molar-refractivity contribution >= 4 is 16.8 Å². The van der Waals surface area contributed by atoms with E-state index in [1.54, 1.807) is 18.2 Å². The first kappa shape index (κ1) is 12.4. The van der Waals surface area contributed by atoms with E-state index in [1.807, 2.05) is 0 Å². The predicted octanol–water partition coefficient (Wildman–Crippen LogP) is 4.15. The van der Waals surface area contributed by atoms with Crippen LogP contribution < -0.4 is 0 Å². The highest BCUT2D eigenvalue weighted by Crippen LogP contribution is 2.35. The lowest BCUT2D eigenvalue weighted by molar-refractivity contribution is 0.101. The third kappa shape index (κ3) is 1.95. The second kappa shape index (κ2) is 4.49. The van der Waals surface area contributed by atoms with Crippen molar-refractivity contribution in [3.63, 3.8) is 0 Å². The van der Waals surface area contributed by atoms with Crippen LogP contribution in [0.4, 0.5) is 4.39 Å². The summed E-state index contributed by atoms with van der Waals surface area (Å²) in [5, 5.41) is 10.1. The number of phenolic OH excluding ortho intramolecular Hbond substituents is 1. The number of benzene rings is 2. The van der Waals surface area contributed by atoms with Gasteiger partial charge in [0.15, 0.2) is 5.78 Å². The number of hydrogen-bond acceptors (Lipinski definition) is 3. The molecule has 0 fully saturated rings. The van der Waals surface area contributed by atoms with Crippen LogP contribution in [0.15, 0.2) is 46.9 Å². The van der Waals surface area contributed by atoms with Crippen LogP contribution in [0.3, 0.4) is 0 Å². The minimum atomic E-state index is -0.355. The van der Waals surface area contributed by atoms with Crippen LogP contribution in [0.5, 0.6) is 5.75 Å². The van der Waals surface area contributed by atoms with Crippen LogP contribution in [-0.2, 0) is 0 Å². The summed E-state index contributed by atoms with van der Waals surface area (Å²) in [6.07, 6.45) is 0. The zero-order valence-electron chi connectivity index (χ0n) is 10.7. The van der Waals surface area contributed by atoms with Crippen LogP contribution in [-0.4, -0.2) is 10.9 Å². The standard InChI is InChI=1S/C16H11FO3/c1-9(18)15-13-8-12(19)6-7-14(13)20-16(15)10-2-4-11(17)5-3-10/h2-8,19H,1H3. The number of rotatable bonds is 2. The lowest BCUT2D eigenvalue weighted by atomic mass is 10.0. The maximum atomic E-state index is 13.0. The van der Waals surface area contributed by atoms with Gasteiger partial charge in [0.2, 0.25) is 0 Å². The number of carbonyl (C=O) groups is 1.